The van der Waals surface area contributed by atoms with Gasteiger partial charge in [0.2, 0.25) is 0 Å². The van der Waals surface area contributed by atoms with Gasteiger partial charge < -0.3 is 10.5 Å². The number of hydrogen-bond acceptors (Lipinski definition) is 3. The average Bonchev–Trinajstić information content (AvgIpc) is 1.99. The number of ether oxygens (including phenoxy) is 1. The van der Waals surface area contributed by atoms with Crippen LogP contribution in [0.1, 0.15) is 13.3 Å². The van der Waals surface area contributed by atoms with Gasteiger partial charge in [-0.25, -0.2) is 4.79 Å². The molecule has 3 heteroatoms. The normalized spacial score (nSPS) is 12.2. The predicted octanol–water partition coefficient (Wildman–Crippen LogP) is 0.453. The van der Waals surface area contributed by atoms with E-state index >= 15 is 0 Å². The third-order valence-electron chi connectivity index (χ3n) is 1.13. The van der Waals surface area contributed by atoms with Crippen LogP contribution < -0.4 is 5.73 Å². The minimum absolute atomic E-state index is 0.0519. The molecule has 10 heavy (non-hydrogen) atoms. The lowest BCUT2D eigenvalue weighted by atomic mass is 10.3. The van der Waals surface area contributed by atoms with Gasteiger partial charge in [-0.1, -0.05) is 13.5 Å². The maximum atomic E-state index is 10.4. The molecule has 3 nitrogen and oxygen atoms in total. The van der Waals surface area contributed by atoms with Crippen LogP contribution in [-0.2, 0) is 9.53 Å². The largest absolute Gasteiger partial charge is 0.461 e. The van der Waals surface area contributed by atoms with Crippen LogP contribution in [0.4, 0.5) is 0 Å². The van der Waals surface area contributed by atoms with Crippen LogP contribution in [0.3, 0.4) is 0 Å². The summed E-state index contributed by atoms with van der Waals surface area (Å²) < 4.78 is 4.66. The van der Waals surface area contributed by atoms with Gasteiger partial charge in [-0.3, -0.25) is 0 Å². The highest BCUT2D eigenvalue weighted by molar-refractivity contribution is 5.81. The highest BCUT2D eigenvalue weighted by Crippen LogP contribution is 1.88. The second-order valence-corrected chi connectivity index (χ2v) is 2.00. The van der Waals surface area contributed by atoms with Gasteiger partial charge in [0.15, 0.2) is 0 Å². The molecule has 1 unspecified atom stereocenters. The number of rotatable bonds is 4. The van der Waals surface area contributed by atoms with Crippen molar-refractivity contribution in [3.63, 3.8) is 0 Å². The third-order valence-corrected chi connectivity index (χ3v) is 1.13. The van der Waals surface area contributed by atoms with Crippen LogP contribution in [0, 0.1) is 0 Å². The molecule has 0 aromatic rings. The van der Waals surface area contributed by atoms with Crippen LogP contribution in [-0.4, -0.2) is 18.6 Å². The number of carbonyl (C=O) groups is 1. The Morgan fingerprint density at radius 2 is 2.50 bits per heavy atom. The Labute approximate surface area is 60.9 Å². The SMILES string of the molecule is C=CC(=O)OCC(N)CC. The van der Waals surface area contributed by atoms with Gasteiger partial charge in [0.05, 0.1) is 0 Å². The molecule has 0 radical (unpaired) electrons. The fraction of sp³-hybridized carbons (Fsp3) is 0.571. The first-order chi connectivity index (χ1) is 4.70. The van der Waals surface area contributed by atoms with E-state index in [2.05, 4.69) is 11.3 Å². The Bertz CT molecular complexity index is 123. The van der Waals surface area contributed by atoms with E-state index in [-0.39, 0.29) is 12.6 Å². The van der Waals surface area contributed by atoms with Crippen molar-refractivity contribution in [3.05, 3.63) is 12.7 Å². The summed E-state index contributed by atoms with van der Waals surface area (Å²) in [7, 11) is 0. The molecule has 0 rings (SSSR count). The van der Waals surface area contributed by atoms with Gasteiger partial charge in [-0.2, -0.15) is 0 Å². The number of esters is 1. The first-order valence-electron chi connectivity index (χ1n) is 3.25. The van der Waals surface area contributed by atoms with E-state index in [0.717, 1.165) is 12.5 Å². The Kier molecular flexibility index (Phi) is 4.58. The summed E-state index contributed by atoms with van der Waals surface area (Å²) in [6.07, 6.45) is 1.94. The summed E-state index contributed by atoms with van der Waals surface area (Å²) in [4.78, 5) is 10.4. The van der Waals surface area contributed by atoms with E-state index < -0.39 is 5.97 Å². The molecule has 0 aliphatic heterocycles. The van der Waals surface area contributed by atoms with Gasteiger partial charge in [-0.05, 0) is 6.42 Å². The molecule has 0 fully saturated rings. The molecular formula is C7H13NO2. The molecule has 0 spiro atoms. The molecule has 0 aromatic heterocycles. The molecule has 0 bridgehead atoms. The van der Waals surface area contributed by atoms with Crippen molar-refractivity contribution in [2.45, 2.75) is 19.4 Å². The second-order valence-electron chi connectivity index (χ2n) is 2.00. The smallest absolute Gasteiger partial charge is 0.330 e. The van der Waals surface area contributed by atoms with E-state index in [1.807, 2.05) is 6.92 Å². The Morgan fingerprint density at radius 3 is 2.90 bits per heavy atom. The topological polar surface area (TPSA) is 52.3 Å². The molecular weight excluding hydrogens is 130 g/mol. The molecule has 1 atom stereocenters. The maximum absolute atomic E-state index is 10.4. The molecule has 0 aliphatic carbocycles. The molecule has 0 heterocycles. The van der Waals surface area contributed by atoms with Crippen LogP contribution in [0.5, 0.6) is 0 Å². The zero-order valence-corrected chi connectivity index (χ0v) is 6.17. The van der Waals surface area contributed by atoms with Crippen LogP contribution in [0.15, 0.2) is 12.7 Å². The van der Waals surface area contributed by atoms with E-state index in [1.54, 1.807) is 0 Å². The molecule has 2 N–H and O–H groups in total. The lowest BCUT2D eigenvalue weighted by molar-refractivity contribution is -0.138. The first-order valence-corrected chi connectivity index (χ1v) is 3.25. The van der Waals surface area contributed by atoms with Crippen molar-refractivity contribution in [3.8, 4) is 0 Å². The molecule has 0 aliphatic rings. The van der Waals surface area contributed by atoms with E-state index in [0.29, 0.717) is 0 Å². The fourth-order valence-corrected chi connectivity index (χ4v) is 0.366. The lowest BCUT2D eigenvalue weighted by Crippen LogP contribution is -2.26. The quantitative estimate of drug-likeness (QED) is 0.459. The Morgan fingerprint density at radius 1 is 1.90 bits per heavy atom. The summed E-state index contributed by atoms with van der Waals surface area (Å²) in [6.45, 7) is 5.47. The van der Waals surface area contributed by atoms with E-state index in [1.165, 1.54) is 0 Å². The van der Waals surface area contributed by atoms with Gasteiger partial charge in [0, 0.05) is 12.1 Å². The maximum Gasteiger partial charge on any atom is 0.330 e. The molecule has 0 saturated carbocycles. The molecule has 0 aromatic carbocycles. The van der Waals surface area contributed by atoms with Crippen molar-refractivity contribution in [1.82, 2.24) is 0 Å². The van der Waals surface area contributed by atoms with Crippen molar-refractivity contribution in [1.29, 1.82) is 0 Å². The lowest BCUT2D eigenvalue weighted by Gasteiger charge is -2.06. The molecule has 58 valence electrons. The minimum atomic E-state index is -0.413. The van der Waals surface area contributed by atoms with Crippen molar-refractivity contribution >= 4 is 5.97 Å². The summed E-state index contributed by atoms with van der Waals surface area (Å²) in [5, 5.41) is 0. The van der Waals surface area contributed by atoms with Crippen LogP contribution in [0.2, 0.25) is 0 Å². The zero-order chi connectivity index (χ0) is 7.98. The highest BCUT2D eigenvalue weighted by Gasteiger charge is 2.00. The third kappa shape index (κ3) is 4.09. The second kappa shape index (κ2) is 4.99. The van der Waals surface area contributed by atoms with Gasteiger partial charge >= 0.3 is 5.97 Å². The van der Waals surface area contributed by atoms with Crippen molar-refractivity contribution in [2.24, 2.45) is 5.73 Å². The van der Waals surface area contributed by atoms with Crippen LogP contribution >= 0.6 is 0 Å². The monoisotopic (exact) mass is 143 g/mol. The minimum Gasteiger partial charge on any atom is -0.461 e. The number of nitrogens with two attached hydrogens (primary N) is 1. The van der Waals surface area contributed by atoms with Crippen LogP contribution in [0.25, 0.3) is 0 Å². The standard InChI is InChI=1S/C7H13NO2/c1-3-6(8)5-10-7(9)4-2/h4,6H,2-3,5,8H2,1H3. The molecule has 0 amide bonds. The Hall–Kier alpha value is -0.830. The fourth-order valence-electron chi connectivity index (χ4n) is 0.366. The molecule has 0 saturated heterocycles. The van der Waals surface area contributed by atoms with Crippen molar-refractivity contribution < 1.29 is 9.53 Å². The average molecular weight is 143 g/mol. The van der Waals surface area contributed by atoms with Gasteiger partial charge in [0.25, 0.3) is 0 Å². The highest BCUT2D eigenvalue weighted by atomic mass is 16.5. The zero-order valence-electron chi connectivity index (χ0n) is 6.17. The van der Waals surface area contributed by atoms with E-state index in [9.17, 15) is 4.79 Å². The number of carbonyl (C=O) groups excluding carboxylic acids is 1. The van der Waals surface area contributed by atoms with Gasteiger partial charge in [0.1, 0.15) is 6.61 Å². The Balaban J connectivity index is 3.34. The first kappa shape index (κ1) is 9.17. The van der Waals surface area contributed by atoms with E-state index in [4.69, 9.17) is 5.73 Å². The summed E-state index contributed by atoms with van der Waals surface area (Å²) >= 11 is 0. The van der Waals surface area contributed by atoms with Gasteiger partial charge in [-0.15, -0.1) is 0 Å². The summed E-state index contributed by atoms with van der Waals surface area (Å²) in [6, 6.07) is -0.0519. The summed E-state index contributed by atoms with van der Waals surface area (Å²) in [5.74, 6) is -0.413. The predicted molar refractivity (Wildman–Crippen MR) is 39.4 cm³/mol. The van der Waals surface area contributed by atoms with Crippen molar-refractivity contribution in [2.75, 3.05) is 6.61 Å². The number of hydrogen-bond donors (Lipinski definition) is 1. The summed E-state index contributed by atoms with van der Waals surface area (Å²) in [5.41, 5.74) is 5.46.